The molecule has 0 saturated carbocycles. The van der Waals surface area contributed by atoms with E-state index in [9.17, 15) is 13.2 Å². The molecule has 0 bridgehead atoms. The van der Waals surface area contributed by atoms with E-state index in [0.29, 0.717) is 35.7 Å². The number of anilines is 1. The second-order valence-corrected chi connectivity index (χ2v) is 7.46. The Morgan fingerprint density at radius 2 is 1.84 bits per heavy atom. The third-order valence-electron chi connectivity index (χ3n) is 3.59. The number of sulfonamides is 1. The van der Waals surface area contributed by atoms with Gasteiger partial charge in [-0.25, -0.2) is 8.42 Å². The van der Waals surface area contributed by atoms with Crippen LogP contribution in [0.15, 0.2) is 53.4 Å². The van der Waals surface area contributed by atoms with E-state index in [0.717, 1.165) is 6.42 Å². The first-order valence-electron chi connectivity index (χ1n) is 7.83. The summed E-state index contributed by atoms with van der Waals surface area (Å²) < 4.78 is 32.5. The average Bonchev–Trinajstić information content (AvgIpc) is 2.62. The van der Waals surface area contributed by atoms with Gasteiger partial charge in [0.2, 0.25) is 0 Å². The summed E-state index contributed by atoms with van der Waals surface area (Å²) in [5.41, 5.74) is 0.663. The predicted octanol–water partition coefficient (Wildman–Crippen LogP) is 4.09. The summed E-state index contributed by atoms with van der Waals surface area (Å²) in [4.78, 5) is 12.5. The number of hydrogen-bond acceptors (Lipinski definition) is 4. The highest BCUT2D eigenvalue weighted by atomic mass is 35.5. The van der Waals surface area contributed by atoms with Crippen LogP contribution in [0.3, 0.4) is 0 Å². The molecule has 5 nitrogen and oxygen atoms in total. The largest absolute Gasteiger partial charge is 0.496 e. The highest BCUT2D eigenvalue weighted by molar-refractivity contribution is 7.92. The molecule has 0 amide bonds. The molecule has 0 spiro atoms. The number of ether oxygens (including phenoxy) is 1. The lowest BCUT2D eigenvalue weighted by atomic mass is 10.0. The van der Waals surface area contributed by atoms with Crippen molar-refractivity contribution in [2.24, 2.45) is 0 Å². The summed E-state index contributed by atoms with van der Waals surface area (Å²) in [5.74, 6) is 0.808. The molecular weight excluding hydrogens is 362 g/mol. The van der Waals surface area contributed by atoms with Crippen LogP contribution < -0.4 is 9.46 Å². The number of carbonyl (C=O) groups excluding carboxylic acids is 1. The van der Waals surface area contributed by atoms with Gasteiger partial charge in [-0.05, 0) is 43.2 Å². The number of methoxy groups -OCH3 is 1. The third kappa shape index (κ3) is 5.21. The number of halogens is 1. The Kier molecular flexibility index (Phi) is 6.84. The van der Waals surface area contributed by atoms with E-state index in [1.807, 2.05) is 0 Å². The first-order valence-corrected chi connectivity index (χ1v) is 9.85. The number of ketones is 1. The standard InChI is InChI=1S/C18H20ClNO4S/c1-24-18-11-10-14(13-16(18)17(21)9-5-6-12-19)20-25(22,23)15-7-3-2-4-8-15/h2-4,7-8,10-11,13,20H,5-6,9,12H2,1H3. The number of rotatable bonds is 9. The highest BCUT2D eigenvalue weighted by Crippen LogP contribution is 2.26. The molecular formula is C18H20ClNO4S. The van der Waals surface area contributed by atoms with Crippen molar-refractivity contribution >= 4 is 33.1 Å². The van der Waals surface area contributed by atoms with Crippen LogP contribution in [-0.4, -0.2) is 27.2 Å². The molecule has 0 aromatic heterocycles. The molecule has 0 saturated heterocycles. The molecule has 25 heavy (non-hydrogen) atoms. The van der Waals surface area contributed by atoms with Gasteiger partial charge in [-0.3, -0.25) is 9.52 Å². The second-order valence-electron chi connectivity index (χ2n) is 5.40. The number of carbonyl (C=O) groups is 1. The Balaban J connectivity index is 2.25. The number of nitrogens with one attached hydrogen (secondary N) is 1. The third-order valence-corrected chi connectivity index (χ3v) is 5.26. The molecule has 0 heterocycles. The molecule has 0 atom stereocenters. The van der Waals surface area contributed by atoms with Gasteiger partial charge in [-0.15, -0.1) is 11.6 Å². The van der Waals surface area contributed by atoms with E-state index in [1.54, 1.807) is 30.3 Å². The molecule has 7 heteroatoms. The van der Waals surface area contributed by atoms with Crippen molar-refractivity contribution in [3.63, 3.8) is 0 Å². The number of alkyl halides is 1. The van der Waals surface area contributed by atoms with Crippen LogP contribution in [-0.2, 0) is 10.0 Å². The monoisotopic (exact) mass is 381 g/mol. The molecule has 2 aromatic carbocycles. The molecule has 0 unspecified atom stereocenters. The topological polar surface area (TPSA) is 72.5 Å². The van der Waals surface area contributed by atoms with Gasteiger partial charge in [-0.1, -0.05) is 18.2 Å². The van der Waals surface area contributed by atoms with Crippen LogP contribution in [0.5, 0.6) is 5.75 Å². The molecule has 134 valence electrons. The zero-order valence-corrected chi connectivity index (χ0v) is 15.4. The fraction of sp³-hybridized carbons (Fsp3) is 0.278. The van der Waals surface area contributed by atoms with Gasteiger partial charge in [0, 0.05) is 18.0 Å². The molecule has 0 aliphatic heterocycles. The lowest BCUT2D eigenvalue weighted by molar-refractivity contribution is 0.0977. The predicted molar refractivity (Wildman–Crippen MR) is 99.1 cm³/mol. The van der Waals surface area contributed by atoms with Gasteiger partial charge in [0.25, 0.3) is 10.0 Å². The first-order chi connectivity index (χ1) is 12.0. The summed E-state index contributed by atoms with van der Waals surface area (Å²) in [6, 6.07) is 12.7. The summed E-state index contributed by atoms with van der Waals surface area (Å²) in [6.45, 7) is 0. The normalized spacial score (nSPS) is 11.1. The smallest absolute Gasteiger partial charge is 0.261 e. The lowest BCUT2D eigenvalue weighted by Gasteiger charge is -2.12. The van der Waals surface area contributed by atoms with Gasteiger partial charge < -0.3 is 4.74 Å². The van der Waals surface area contributed by atoms with Gasteiger partial charge in [0.1, 0.15) is 5.75 Å². The van der Waals surface area contributed by atoms with E-state index in [2.05, 4.69) is 4.72 Å². The first kappa shape index (κ1) is 19.3. The SMILES string of the molecule is COc1ccc(NS(=O)(=O)c2ccccc2)cc1C(=O)CCCCCl. The molecule has 0 aliphatic carbocycles. The Hall–Kier alpha value is -2.05. The maximum absolute atomic E-state index is 12.4. The summed E-state index contributed by atoms with van der Waals surface area (Å²) in [7, 11) is -2.24. The minimum absolute atomic E-state index is 0.109. The van der Waals surface area contributed by atoms with Crippen molar-refractivity contribution in [3.8, 4) is 5.75 Å². The van der Waals surface area contributed by atoms with Crippen molar-refractivity contribution in [3.05, 3.63) is 54.1 Å². The zero-order valence-electron chi connectivity index (χ0n) is 13.9. The van der Waals surface area contributed by atoms with Crippen LogP contribution in [0.4, 0.5) is 5.69 Å². The van der Waals surface area contributed by atoms with Crippen molar-refractivity contribution < 1.29 is 17.9 Å². The van der Waals surface area contributed by atoms with Crippen molar-refractivity contribution in [1.82, 2.24) is 0 Å². The fourth-order valence-corrected chi connectivity index (χ4v) is 3.58. The van der Waals surface area contributed by atoms with E-state index in [1.165, 1.54) is 25.3 Å². The van der Waals surface area contributed by atoms with Gasteiger partial charge in [-0.2, -0.15) is 0 Å². The minimum Gasteiger partial charge on any atom is -0.496 e. The van der Waals surface area contributed by atoms with E-state index in [4.69, 9.17) is 16.3 Å². The molecule has 1 N–H and O–H groups in total. The van der Waals surface area contributed by atoms with Crippen LogP contribution >= 0.6 is 11.6 Å². The van der Waals surface area contributed by atoms with Crippen LogP contribution in [0.1, 0.15) is 29.6 Å². The minimum atomic E-state index is -3.72. The van der Waals surface area contributed by atoms with Gasteiger partial charge in [0.15, 0.2) is 5.78 Å². The number of benzene rings is 2. The molecule has 0 aliphatic rings. The van der Waals surface area contributed by atoms with Gasteiger partial charge in [0.05, 0.1) is 17.6 Å². The average molecular weight is 382 g/mol. The summed E-state index contributed by atoms with van der Waals surface area (Å²) >= 11 is 5.63. The number of hydrogen-bond donors (Lipinski definition) is 1. The number of unbranched alkanes of at least 4 members (excludes halogenated alkanes) is 1. The van der Waals surface area contributed by atoms with E-state index >= 15 is 0 Å². The maximum Gasteiger partial charge on any atom is 0.261 e. The highest BCUT2D eigenvalue weighted by Gasteiger charge is 2.17. The molecule has 0 radical (unpaired) electrons. The Morgan fingerprint density at radius 3 is 2.48 bits per heavy atom. The second kappa shape index (κ2) is 8.87. The zero-order chi connectivity index (χ0) is 18.3. The van der Waals surface area contributed by atoms with Crippen LogP contribution in [0.25, 0.3) is 0 Å². The Labute approximate surface area is 153 Å². The summed E-state index contributed by atoms with van der Waals surface area (Å²) in [6.07, 6.45) is 1.75. The fourth-order valence-electron chi connectivity index (χ4n) is 2.32. The Morgan fingerprint density at radius 1 is 1.12 bits per heavy atom. The Bertz CT molecular complexity index is 822. The summed E-state index contributed by atoms with van der Waals surface area (Å²) in [5, 5.41) is 0. The van der Waals surface area contributed by atoms with Crippen molar-refractivity contribution in [1.29, 1.82) is 0 Å². The lowest BCUT2D eigenvalue weighted by Crippen LogP contribution is -2.13. The number of Topliss-reactive ketones (excluding diaryl/α,β-unsaturated/α-hetero) is 1. The molecule has 2 aromatic rings. The van der Waals surface area contributed by atoms with Crippen molar-refractivity contribution in [2.45, 2.75) is 24.2 Å². The van der Waals surface area contributed by atoms with Crippen LogP contribution in [0, 0.1) is 0 Å². The molecule has 2 rings (SSSR count). The maximum atomic E-state index is 12.4. The van der Waals surface area contributed by atoms with Crippen LogP contribution in [0.2, 0.25) is 0 Å². The molecule has 0 fully saturated rings. The quantitative estimate of drug-likeness (QED) is 0.403. The van der Waals surface area contributed by atoms with E-state index < -0.39 is 10.0 Å². The van der Waals surface area contributed by atoms with Gasteiger partial charge >= 0.3 is 0 Å². The van der Waals surface area contributed by atoms with Crippen molar-refractivity contribution in [2.75, 3.05) is 17.7 Å². The van der Waals surface area contributed by atoms with E-state index in [-0.39, 0.29) is 10.7 Å².